The van der Waals surface area contributed by atoms with Gasteiger partial charge < -0.3 is 4.57 Å². The fourth-order valence-electron chi connectivity index (χ4n) is 8.43. The molecule has 10 rings (SSSR count). The largest absolute Gasteiger partial charge is 0.310 e. The number of aromatic nitrogens is 1. The standard InChI is InChI=1S/C53H39NS/c1-36-33-42(27-28-43(36)53-32-31-52(55-53)39-19-9-4-10-20-39)54-50-29-25-40(37-15-5-2-6-16-37)34-48(50)46-23-13-11-21-44(46)45-22-12-14-24-47(45)49-35-41(26-30-51(49)54)38-17-7-3-8-18-38/h2-36,43H,1H3. The summed E-state index contributed by atoms with van der Waals surface area (Å²) in [6.45, 7) is 2.37. The van der Waals surface area contributed by atoms with Crippen molar-refractivity contribution < 1.29 is 0 Å². The molecule has 1 aliphatic rings. The summed E-state index contributed by atoms with van der Waals surface area (Å²) in [6, 6.07) is 68.8. The fraction of sp³-hybridized carbons (Fsp3) is 0.0566. The summed E-state index contributed by atoms with van der Waals surface area (Å²) in [7, 11) is 0. The lowest BCUT2D eigenvalue weighted by Gasteiger charge is -2.25. The highest BCUT2D eigenvalue weighted by Crippen LogP contribution is 2.42. The van der Waals surface area contributed by atoms with Crippen LogP contribution in [0, 0.1) is 5.92 Å². The lowest BCUT2D eigenvalue weighted by molar-refractivity contribution is 0.644. The smallest absolute Gasteiger partial charge is 0.0540 e. The van der Waals surface area contributed by atoms with Gasteiger partial charge in [-0.3, -0.25) is 0 Å². The zero-order valence-electron chi connectivity index (χ0n) is 30.6. The van der Waals surface area contributed by atoms with Crippen molar-refractivity contribution in [2.75, 3.05) is 0 Å². The Morgan fingerprint density at radius 1 is 0.418 bits per heavy atom. The Hall–Kier alpha value is -6.48. The SMILES string of the molecule is CC1C=C(n2c3ccc(-c4ccccc4)cc3c3ccccc3c3ccccc3c3cc(-c4ccccc4)ccc32)C=CC1c1ccc(-c2ccccc2)s1. The normalized spacial score (nSPS) is 15.4. The van der Waals surface area contributed by atoms with E-state index in [2.05, 4.69) is 218 Å². The van der Waals surface area contributed by atoms with Gasteiger partial charge >= 0.3 is 0 Å². The van der Waals surface area contributed by atoms with Crippen LogP contribution in [0.15, 0.2) is 206 Å². The van der Waals surface area contributed by atoms with Gasteiger partial charge in [0.05, 0.1) is 11.0 Å². The Morgan fingerprint density at radius 2 is 0.873 bits per heavy atom. The number of nitrogens with zero attached hydrogens (tertiary/aromatic N) is 1. The van der Waals surface area contributed by atoms with Crippen molar-refractivity contribution in [2.24, 2.45) is 5.92 Å². The molecule has 0 amide bonds. The molecule has 2 heterocycles. The van der Waals surface area contributed by atoms with Crippen LogP contribution in [0.3, 0.4) is 0 Å². The van der Waals surface area contributed by atoms with Gasteiger partial charge in [0.25, 0.3) is 0 Å². The molecule has 2 atom stereocenters. The molecular formula is C53H39NS. The van der Waals surface area contributed by atoms with Gasteiger partial charge in [-0.15, -0.1) is 11.3 Å². The van der Waals surface area contributed by atoms with Crippen LogP contribution in [-0.2, 0) is 0 Å². The molecule has 0 saturated carbocycles. The number of fused-ring (bicyclic) bond motifs is 7. The van der Waals surface area contributed by atoms with E-state index < -0.39 is 0 Å². The minimum Gasteiger partial charge on any atom is -0.310 e. The van der Waals surface area contributed by atoms with E-state index in [9.17, 15) is 0 Å². The van der Waals surface area contributed by atoms with Gasteiger partial charge in [0.15, 0.2) is 0 Å². The monoisotopic (exact) mass is 721 g/mol. The molecule has 0 saturated heterocycles. The van der Waals surface area contributed by atoms with E-state index in [0.717, 1.165) is 11.0 Å². The number of benzene rings is 7. The second-order valence-corrected chi connectivity index (χ2v) is 15.6. The van der Waals surface area contributed by atoms with Crippen molar-refractivity contribution in [3.8, 4) is 32.7 Å². The molecule has 1 aliphatic carbocycles. The molecule has 0 fully saturated rings. The third-order valence-electron chi connectivity index (χ3n) is 11.2. The Kier molecular flexibility index (Phi) is 8.47. The average molecular weight is 722 g/mol. The Balaban J connectivity index is 1.29. The van der Waals surface area contributed by atoms with E-state index in [4.69, 9.17) is 0 Å². The van der Waals surface area contributed by atoms with Gasteiger partial charge in [-0.05, 0) is 97.8 Å². The van der Waals surface area contributed by atoms with Crippen molar-refractivity contribution in [1.29, 1.82) is 0 Å². The average Bonchev–Trinajstić information content (AvgIpc) is 3.76. The third kappa shape index (κ3) is 6.06. The minimum atomic E-state index is 0.286. The van der Waals surface area contributed by atoms with Gasteiger partial charge in [0, 0.05) is 32.1 Å². The van der Waals surface area contributed by atoms with Crippen LogP contribution in [0.2, 0.25) is 0 Å². The Labute approximate surface area is 326 Å². The summed E-state index contributed by atoms with van der Waals surface area (Å²) >= 11 is 1.91. The molecule has 9 aromatic rings. The van der Waals surface area contributed by atoms with Crippen molar-refractivity contribution in [2.45, 2.75) is 12.8 Å². The first-order valence-corrected chi connectivity index (χ1v) is 19.9. The van der Waals surface area contributed by atoms with E-state index in [1.165, 1.54) is 75.6 Å². The van der Waals surface area contributed by atoms with Gasteiger partial charge in [-0.1, -0.05) is 171 Å². The van der Waals surface area contributed by atoms with Crippen molar-refractivity contribution >= 4 is 60.4 Å². The molecule has 0 spiro atoms. The molecule has 1 nitrogen and oxygen atoms in total. The van der Waals surface area contributed by atoms with E-state index in [1.807, 2.05) is 11.3 Å². The van der Waals surface area contributed by atoms with E-state index >= 15 is 0 Å². The predicted octanol–water partition coefficient (Wildman–Crippen LogP) is 15.1. The summed E-state index contributed by atoms with van der Waals surface area (Å²) in [5.41, 5.74) is 9.61. The fourth-order valence-corrected chi connectivity index (χ4v) is 9.64. The summed E-state index contributed by atoms with van der Waals surface area (Å²) < 4.78 is 2.53. The van der Waals surface area contributed by atoms with Gasteiger partial charge in [0.2, 0.25) is 0 Å². The molecule has 0 bridgehead atoms. The van der Waals surface area contributed by atoms with Crippen LogP contribution < -0.4 is 0 Å². The molecule has 0 aliphatic heterocycles. The maximum atomic E-state index is 2.53. The van der Waals surface area contributed by atoms with Crippen LogP contribution in [0.4, 0.5) is 0 Å². The molecule has 2 unspecified atom stereocenters. The van der Waals surface area contributed by atoms with Crippen LogP contribution in [0.25, 0.3) is 81.7 Å². The minimum absolute atomic E-state index is 0.286. The molecule has 55 heavy (non-hydrogen) atoms. The van der Waals surface area contributed by atoms with Gasteiger partial charge in [-0.2, -0.15) is 0 Å². The van der Waals surface area contributed by atoms with E-state index in [1.54, 1.807) is 0 Å². The summed E-state index contributed by atoms with van der Waals surface area (Å²) in [5, 5.41) is 7.33. The Bertz CT molecular complexity index is 2840. The zero-order valence-corrected chi connectivity index (χ0v) is 31.5. The maximum Gasteiger partial charge on any atom is 0.0540 e. The highest BCUT2D eigenvalue weighted by molar-refractivity contribution is 7.15. The van der Waals surface area contributed by atoms with Crippen LogP contribution >= 0.6 is 11.3 Å². The van der Waals surface area contributed by atoms with Crippen LogP contribution in [0.5, 0.6) is 0 Å². The number of hydrogen-bond donors (Lipinski definition) is 0. The third-order valence-corrected chi connectivity index (χ3v) is 12.4. The molecule has 0 N–H and O–H groups in total. The van der Waals surface area contributed by atoms with Crippen molar-refractivity contribution in [1.82, 2.24) is 4.57 Å². The molecule has 0 radical (unpaired) electrons. The molecule has 2 heteroatoms. The lowest BCUT2D eigenvalue weighted by Crippen LogP contribution is -2.11. The van der Waals surface area contributed by atoms with Gasteiger partial charge in [0.1, 0.15) is 0 Å². The summed E-state index contributed by atoms with van der Waals surface area (Å²) in [6.07, 6.45) is 7.29. The Morgan fingerprint density at radius 3 is 1.36 bits per heavy atom. The zero-order chi connectivity index (χ0) is 36.7. The number of thiophene rings is 1. The van der Waals surface area contributed by atoms with Crippen LogP contribution in [-0.4, -0.2) is 4.57 Å². The number of hydrogen-bond acceptors (Lipinski definition) is 1. The van der Waals surface area contributed by atoms with Gasteiger partial charge in [-0.25, -0.2) is 0 Å². The quantitative estimate of drug-likeness (QED) is 0.167. The first-order chi connectivity index (χ1) is 27.2. The van der Waals surface area contributed by atoms with Crippen molar-refractivity contribution in [3.63, 3.8) is 0 Å². The highest BCUT2D eigenvalue weighted by atomic mass is 32.1. The molecule has 262 valence electrons. The molecule has 7 aromatic carbocycles. The predicted molar refractivity (Wildman–Crippen MR) is 238 cm³/mol. The first kappa shape index (κ1) is 33.1. The number of allylic oxidation sites excluding steroid dienone is 4. The van der Waals surface area contributed by atoms with E-state index in [-0.39, 0.29) is 5.92 Å². The second kappa shape index (κ2) is 14.1. The lowest BCUT2D eigenvalue weighted by atomic mass is 9.87. The molecule has 2 aromatic heterocycles. The summed E-state index contributed by atoms with van der Waals surface area (Å²) in [5.74, 6) is 0.582. The first-order valence-electron chi connectivity index (χ1n) is 19.1. The van der Waals surface area contributed by atoms with Crippen molar-refractivity contribution in [3.05, 3.63) is 211 Å². The summed E-state index contributed by atoms with van der Waals surface area (Å²) in [4.78, 5) is 2.71. The second-order valence-electron chi connectivity index (χ2n) is 14.5. The molecular weight excluding hydrogens is 683 g/mol. The van der Waals surface area contributed by atoms with E-state index in [0.29, 0.717) is 5.92 Å². The topological polar surface area (TPSA) is 4.93 Å². The van der Waals surface area contributed by atoms with Crippen LogP contribution in [0.1, 0.15) is 17.7 Å². The highest BCUT2D eigenvalue weighted by Gasteiger charge is 2.23. The maximum absolute atomic E-state index is 2.53. The number of rotatable bonds is 5.